The summed E-state index contributed by atoms with van der Waals surface area (Å²) in [4.78, 5) is 26.7. The predicted octanol–water partition coefficient (Wildman–Crippen LogP) is 18.0. The first kappa shape index (κ1) is 80.8. The molecule has 1 heterocycles. The van der Waals surface area contributed by atoms with Crippen LogP contribution in [0.2, 0.25) is 0 Å². The molecule has 1 fully saturated rings. The molecule has 0 radical (unpaired) electrons. The summed E-state index contributed by atoms with van der Waals surface area (Å²) in [7, 11) is 0. The smallest absolute Gasteiger partial charge is 0.306 e. The lowest BCUT2D eigenvalue weighted by Gasteiger charge is -2.41. The van der Waals surface area contributed by atoms with Crippen LogP contribution in [0.15, 0.2) is 134 Å². The first-order valence-electron chi connectivity index (χ1n) is 35.0. The average molecular weight is 1210 g/mol. The molecule has 11 nitrogen and oxygen atoms in total. The number of carbonyl (C=O) groups excluding carboxylic acids is 2. The zero-order chi connectivity index (χ0) is 63.1. The van der Waals surface area contributed by atoms with Crippen LogP contribution >= 0.6 is 0 Å². The van der Waals surface area contributed by atoms with E-state index < -0.39 is 67.4 Å². The molecule has 11 heteroatoms. The van der Waals surface area contributed by atoms with Crippen molar-refractivity contribution in [1.82, 2.24) is 5.32 Å². The minimum atomic E-state index is -1.63. The molecule has 0 aromatic rings. The minimum absolute atomic E-state index is 0.106. The lowest BCUT2D eigenvalue weighted by Crippen LogP contribution is -2.61. The van der Waals surface area contributed by atoms with Gasteiger partial charge in [0.2, 0.25) is 5.91 Å². The zero-order valence-corrected chi connectivity index (χ0v) is 55.1. The number of amides is 1. The monoisotopic (exact) mass is 1210 g/mol. The Balaban J connectivity index is 2.63. The van der Waals surface area contributed by atoms with Gasteiger partial charge in [-0.25, -0.2) is 0 Å². The second-order valence-electron chi connectivity index (χ2n) is 23.5. The molecule has 1 rings (SSSR count). The normalized spacial score (nSPS) is 19.1. The Labute approximate surface area is 531 Å². The van der Waals surface area contributed by atoms with E-state index >= 15 is 0 Å². The summed E-state index contributed by atoms with van der Waals surface area (Å²) in [6.07, 6.45) is 77.6. The fraction of sp³-hybridized carbons (Fsp3) is 0.684. The largest absolute Gasteiger partial charge is 0.454 e. The molecule has 87 heavy (non-hydrogen) atoms. The first-order chi connectivity index (χ1) is 42.7. The number of esters is 1. The SMILES string of the molecule is CC/C=C\C/C=C\C/C=C\C/C=C\C/C=C\CCCCCCCCCCCC(=O)OC1C(OCC(NC(=O)C(O)CCCCCC/C=C\C/C=C\C/C=C\C/C=C\C/C=C\CC)C(O)/C=C/CCCCCCCCCCCCC)OC(CO)C(O)C1O. The van der Waals surface area contributed by atoms with Gasteiger partial charge < -0.3 is 45.1 Å². The van der Waals surface area contributed by atoms with E-state index in [9.17, 15) is 35.1 Å². The van der Waals surface area contributed by atoms with E-state index in [1.165, 1.54) is 77.0 Å². The molecule has 1 aliphatic heterocycles. The lowest BCUT2D eigenvalue weighted by atomic mass is 9.99. The Kier molecular flexibility index (Phi) is 57.6. The van der Waals surface area contributed by atoms with E-state index in [1.807, 2.05) is 6.08 Å². The molecular formula is C76H127NO10. The fourth-order valence-electron chi connectivity index (χ4n) is 10.1. The van der Waals surface area contributed by atoms with Crippen LogP contribution in [0.5, 0.6) is 0 Å². The highest BCUT2D eigenvalue weighted by Crippen LogP contribution is 2.26. The summed E-state index contributed by atoms with van der Waals surface area (Å²) >= 11 is 0. The lowest BCUT2D eigenvalue weighted by molar-refractivity contribution is -0.305. The van der Waals surface area contributed by atoms with Crippen molar-refractivity contribution in [2.75, 3.05) is 13.2 Å². The van der Waals surface area contributed by atoms with E-state index in [0.717, 1.165) is 148 Å². The van der Waals surface area contributed by atoms with Gasteiger partial charge in [0.25, 0.3) is 0 Å². The second kappa shape index (κ2) is 62.0. The van der Waals surface area contributed by atoms with Gasteiger partial charge in [-0.3, -0.25) is 9.59 Å². The topological polar surface area (TPSA) is 175 Å². The molecule has 0 aromatic heterocycles. The Hall–Kier alpha value is -4.20. The van der Waals surface area contributed by atoms with Gasteiger partial charge in [-0.2, -0.15) is 0 Å². The molecule has 1 amide bonds. The van der Waals surface area contributed by atoms with Crippen molar-refractivity contribution < 1.29 is 49.3 Å². The highest BCUT2D eigenvalue weighted by atomic mass is 16.7. The summed E-state index contributed by atoms with van der Waals surface area (Å²) < 4.78 is 17.7. The Morgan fingerprint density at radius 3 is 1.24 bits per heavy atom. The first-order valence-corrected chi connectivity index (χ1v) is 35.0. The van der Waals surface area contributed by atoms with Crippen LogP contribution in [0, 0.1) is 0 Å². The van der Waals surface area contributed by atoms with Crippen molar-refractivity contribution in [3.63, 3.8) is 0 Å². The van der Waals surface area contributed by atoms with Crippen LogP contribution in [0.3, 0.4) is 0 Å². The van der Waals surface area contributed by atoms with Gasteiger partial charge in [0.05, 0.1) is 25.4 Å². The third-order valence-corrected chi connectivity index (χ3v) is 15.5. The molecule has 0 spiro atoms. The molecule has 8 unspecified atom stereocenters. The summed E-state index contributed by atoms with van der Waals surface area (Å²) in [6, 6.07) is -1.05. The molecule has 0 aliphatic carbocycles. The molecule has 496 valence electrons. The summed E-state index contributed by atoms with van der Waals surface area (Å²) in [6.45, 7) is 5.56. The number of ether oxygens (including phenoxy) is 3. The number of hydrogen-bond donors (Lipinski definition) is 6. The highest BCUT2D eigenvalue weighted by Gasteiger charge is 2.47. The van der Waals surface area contributed by atoms with E-state index in [0.29, 0.717) is 12.8 Å². The minimum Gasteiger partial charge on any atom is -0.454 e. The van der Waals surface area contributed by atoms with Gasteiger partial charge in [-0.15, -0.1) is 0 Å². The quantitative estimate of drug-likeness (QED) is 0.0195. The van der Waals surface area contributed by atoms with E-state index in [2.05, 4.69) is 148 Å². The molecule has 8 atom stereocenters. The third-order valence-electron chi connectivity index (χ3n) is 15.5. The van der Waals surface area contributed by atoms with Crippen LogP contribution in [0.4, 0.5) is 0 Å². The van der Waals surface area contributed by atoms with E-state index in [1.54, 1.807) is 6.08 Å². The van der Waals surface area contributed by atoms with Crippen molar-refractivity contribution in [2.24, 2.45) is 0 Å². The molecule has 6 N–H and O–H groups in total. The van der Waals surface area contributed by atoms with Crippen molar-refractivity contribution in [3.05, 3.63) is 134 Å². The van der Waals surface area contributed by atoms with Gasteiger partial charge in [0.1, 0.15) is 24.4 Å². The van der Waals surface area contributed by atoms with Crippen LogP contribution in [0.25, 0.3) is 0 Å². The van der Waals surface area contributed by atoms with Gasteiger partial charge in [0, 0.05) is 6.42 Å². The number of aliphatic hydroxyl groups excluding tert-OH is 5. The maximum atomic E-state index is 13.5. The zero-order valence-electron chi connectivity index (χ0n) is 55.1. The number of hydrogen-bond acceptors (Lipinski definition) is 10. The van der Waals surface area contributed by atoms with E-state index in [-0.39, 0.29) is 19.4 Å². The third kappa shape index (κ3) is 49.3. The van der Waals surface area contributed by atoms with E-state index in [4.69, 9.17) is 14.2 Å². The van der Waals surface area contributed by atoms with Gasteiger partial charge in [0.15, 0.2) is 12.4 Å². The number of aliphatic hydroxyl groups is 5. The molecule has 0 saturated carbocycles. The maximum absolute atomic E-state index is 13.5. The average Bonchev–Trinajstić information content (AvgIpc) is 2.32. The second-order valence-corrected chi connectivity index (χ2v) is 23.5. The Morgan fingerprint density at radius 1 is 0.460 bits per heavy atom. The van der Waals surface area contributed by atoms with Crippen LogP contribution in [-0.4, -0.2) is 99.6 Å². The number of unbranched alkanes of at least 4 members (excludes halogenated alkanes) is 24. The highest BCUT2D eigenvalue weighted by molar-refractivity contribution is 5.80. The van der Waals surface area contributed by atoms with Crippen LogP contribution < -0.4 is 5.32 Å². The number of allylic oxidation sites excluding steroid dienone is 21. The van der Waals surface area contributed by atoms with Crippen molar-refractivity contribution in [1.29, 1.82) is 0 Å². The summed E-state index contributed by atoms with van der Waals surface area (Å²) in [5.41, 5.74) is 0. The van der Waals surface area contributed by atoms with Crippen LogP contribution in [0.1, 0.15) is 271 Å². The molecule has 1 saturated heterocycles. The molecule has 0 bridgehead atoms. The molecular weight excluding hydrogens is 1090 g/mol. The van der Waals surface area contributed by atoms with Gasteiger partial charge >= 0.3 is 5.97 Å². The maximum Gasteiger partial charge on any atom is 0.306 e. The number of rotatable bonds is 58. The Morgan fingerprint density at radius 2 is 0.828 bits per heavy atom. The van der Waals surface area contributed by atoms with Crippen molar-refractivity contribution in [2.45, 2.75) is 320 Å². The number of nitrogens with one attached hydrogen (secondary N) is 1. The van der Waals surface area contributed by atoms with Crippen LogP contribution in [-0.2, 0) is 23.8 Å². The van der Waals surface area contributed by atoms with Gasteiger partial charge in [-0.1, -0.05) is 283 Å². The van der Waals surface area contributed by atoms with Crippen molar-refractivity contribution >= 4 is 11.9 Å². The fourth-order valence-corrected chi connectivity index (χ4v) is 10.1. The number of carbonyl (C=O) groups is 2. The summed E-state index contributed by atoms with van der Waals surface area (Å²) in [5.74, 6) is -1.23. The summed E-state index contributed by atoms with van der Waals surface area (Å²) in [5, 5.41) is 57.2. The Bertz CT molecular complexity index is 1930. The molecule has 1 aliphatic rings. The van der Waals surface area contributed by atoms with Gasteiger partial charge in [-0.05, 0) is 116 Å². The standard InChI is InChI=1S/C76H127NO10/c1-4-7-10-13-16-19-22-25-27-29-31-33-34-35-36-37-39-41-43-46-49-52-55-58-61-64-71(81)87-74-73(83)72(82)70(65-78)86-76(74)85-66-67(68(79)62-59-56-53-50-47-44-24-21-18-15-12-9-6-3)77-75(84)69(80)63-60-57-54-51-48-45-42-40-38-32-30-28-26-23-20-17-14-11-8-5-2/h7-8,10-11,16-17,19-20,25-28,31-33,35-36,38,42,45,59,62,67-70,72-74,76,78-80,82-83H,4-6,9,12-15,18,21-24,29-30,34,37,39-41,43-44,46-58,60-61,63-66H2,1-3H3,(H,77,84)/b10-7-,11-8-,19-16-,20-17-,27-25-,28-26-,33-31-,36-35-,38-32-,45-42-,62-59+. The van der Waals surface area contributed by atoms with Crippen molar-refractivity contribution in [3.8, 4) is 0 Å². The predicted molar refractivity (Wildman–Crippen MR) is 365 cm³/mol. The molecule has 0 aromatic carbocycles.